The Morgan fingerprint density at radius 2 is 1.71 bits per heavy atom. The molecule has 0 amide bonds. The van der Waals surface area contributed by atoms with Gasteiger partial charge >= 0.3 is 5.97 Å². The largest absolute Gasteiger partial charge is 0.477 e. The van der Waals surface area contributed by atoms with Gasteiger partial charge in [0.1, 0.15) is 5.69 Å². The van der Waals surface area contributed by atoms with Crippen molar-refractivity contribution in [2.75, 3.05) is 16.2 Å². The van der Waals surface area contributed by atoms with Crippen LogP contribution in [0.25, 0.3) is 16.6 Å². The van der Waals surface area contributed by atoms with E-state index in [1.54, 1.807) is 41.0 Å². The minimum atomic E-state index is -3.88. The third-order valence-corrected chi connectivity index (χ3v) is 8.79. The smallest absolute Gasteiger partial charge is 0.352 e. The van der Waals surface area contributed by atoms with Gasteiger partial charge < -0.3 is 14.6 Å². The van der Waals surface area contributed by atoms with Gasteiger partial charge in [0, 0.05) is 23.7 Å². The highest BCUT2D eigenvalue weighted by molar-refractivity contribution is 7.92. The lowest BCUT2D eigenvalue weighted by atomic mass is 9.93. The number of nitrogens with one attached hydrogen (secondary N) is 1. The molecule has 0 unspecified atom stereocenters. The molecule has 8 heteroatoms. The molecule has 3 aromatic carbocycles. The van der Waals surface area contributed by atoms with Gasteiger partial charge in [-0.1, -0.05) is 55.2 Å². The summed E-state index contributed by atoms with van der Waals surface area (Å²) in [4.78, 5) is 14.6. The second-order valence-corrected chi connectivity index (χ2v) is 11.6. The van der Waals surface area contributed by atoms with Crippen LogP contribution in [-0.2, 0) is 10.0 Å². The Morgan fingerprint density at radius 3 is 2.39 bits per heavy atom. The van der Waals surface area contributed by atoms with Gasteiger partial charge in [0.25, 0.3) is 10.0 Å². The Balaban J connectivity index is 1.66. The fraction of sp³-hybridized carbons (Fsp3) is 0.300. The highest BCUT2D eigenvalue weighted by Crippen LogP contribution is 2.36. The van der Waals surface area contributed by atoms with Crippen molar-refractivity contribution >= 4 is 38.3 Å². The van der Waals surface area contributed by atoms with Crippen LogP contribution in [-0.4, -0.2) is 36.6 Å². The monoisotopic (exact) mass is 531 g/mol. The zero-order valence-electron chi connectivity index (χ0n) is 21.7. The topological polar surface area (TPSA) is 91.6 Å². The molecule has 1 fully saturated rings. The molecule has 1 aromatic heterocycles. The van der Waals surface area contributed by atoms with Gasteiger partial charge in [-0.15, -0.1) is 0 Å². The number of sulfonamides is 1. The number of carboxylic acid groups (broad SMARTS) is 1. The van der Waals surface area contributed by atoms with Gasteiger partial charge in [0.15, 0.2) is 0 Å². The van der Waals surface area contributed by atoms with Crippen molar-refractivity contribution in [1.82, 2.24) is 4.57 Å². The van der Waals surface area contributed by atoms with Crippen molar-refractivity contribution in [1.29, 1.82) is 0 Å². The van der Waals surface area contributed by atoms with Crippen LogP contribution in [0.5, 0.6) is 0 Å². The Kier molecular flexibility index (Phi) is 7.17. The molecule has 1 aliphatic rings. The van der Waals surface area contributed by atoms with E-state index in [1.165, 1.54) is 6.42 Å². The lowest BCUT2D eigenvalue weighted by Crippen LogP contribution is -2.37. The maximum absolute atomic E-state index is 13.5. The number of anilines is 2. The van der Waals surface area contributed by atoms with Crippen LogP contribution in [0.2, 0.25) is 0 Å². The Bertz CT molecular complexity index is 1570. The molecular formula is C30H33N3O4S. The summed E-state index contributed by atoms with van der Waals surface area (Å²) in [6.07, 6.45) is 5.65. The van der Waals surface area contributed by atoms with Crippen molar-refractivity contribution in [2.24, 2.45) is 0 Å². The fourth-order valence-corrected chi connectivity index (χ4v) is 6.59. The number of carboxylic acids is 1. The predicted molar refractivity (Wildman–Crippen MR) is 152 cm³/mol. The maximum atomic E-state index is 13.5. The van der Waals surface area contributed by atoms with E-state index in [0.29, 0.717) is 17.4 Å². The third kappa shape index (κ3) is 5.00. The predicted octanol–water partition coefficient (Wildman–Crippen LogP) is 6.60. The van der Waals surface area contributed by atoms with Crippen LogP contribution < -0.4 is 9.62 Å². The van der Waals surface area contributed by atoms with Crippen molar-refractivity contribution in [3.8, 4) is 5.69 Å². The summed E-state index contributed by atoms with van der Waals surface area (Å²) in [6, 6.07) is 21.7. The van der Waals surface area contributed by atoms with Gasteiger partial charge in [0.05, 0.1) is 21.8 Å². The first-order valence-corrected chi connectivity index (χ1v) is 14.6. The number of aromatic carboxylic acids is 1. The second-order valence-electron chi connectivity index (χ2n) is 9.93. The number of aromatic nitrogens is 1. The van der Waals surface area contributed by atoms with Crippen LogP contribution in [0.3, 0.4) is 0 Å². The van der Waals surface area contributed by atoms with E-state index in [4.69, 9.17) is 0 Å². The number of carbonyl (C=O) groups is 1. The van der Waals surface area contributed by atoms with Gasteiger partial charge in [-0.05, 0) is 69.2 Å². The van der Waals surface area contributed by atoms with Crippen molar-refractivity contribution < 1.29 is 18.3 Å². The molecule has 1 heterocycles. The Labute approximate surface area is 223 Å². The zero-order valence-corrected chi connectivity index (χ0v) is 22.5. The third-order valence-electron chi connectivity index (χ3n) is 7.41. The van der Waals surface area contributed by atoms with E-state index in [1.807, 2.05) is 43.3 Å². The molecule has 0 bridgehead atoms. The first-order valence-electron chi connectivity index (χ1n) is 13.1. The van der Waals surface area contributed by atoms with E-state index in [9.17, 15) is 18.3 Å². The molecule has 0 spiro atoms. The SMILES string of the molecule is CCN(c1ccc(-n2c(C(=O)O)cc3ccccc32)cc1NS(=O)(=O)c1ccc(C)cc1)C1CCCCC1. The molecule has 38 heavy (non-hydrogen) atoms. The number of aryl methyl sites for hydroxylation is 1. The minimum absolute atomic E-state index is 0.117. The molecule has 7 nitrogen and oxygen atoms in total. The van der Waals surface area contributed by atoms with E-state index < -0.39 is 16.0 Å². The highest BCUT2D eigenvalue weighted by atomic mass is 32.2. The van der Waals surface area contributed by atoms with Crippen LogP contribution in [0.4, 0.5) is 11.4 Å². The van der Waals surface area contributed by atoms with Gasteiger partial charge in [-0.3, -0.25) is 4.72 Å². The van der Waals surface area contributed by atoms with Crippen molar-refractivity contribution in [3.63, 3.8) is 0 Å². The molecule has 0 atom stereocenters. The number of hydrogen-bond acceptors (Lipinski definition) is 4. The molecule has 2 N–H and O–H groups in total. The second kappa shape index (κ2) is 10.5. The molecule has 4 aromatic rings. The number of para-hydroxylation sites is 1. The number of rotatable bonds is 8. The van der Waals surface area contributed by atoms with E-state index in [-0.39, 0.29) is 10.6 Å². The van der Waals surface area contributed by atoms with Crippen LogP contribution in [0.1, 0.15) is 55.1 Å². The first-order chi connectivity index (χ1) is 18.3. The minimum Gasteiger partial charge on any atom is -0.477 e. The van der Waals surface area contributed by atoms with E-state index in [2.05, 4.69) is 16.5 Å². The molecular weight excluding hydrogens is 498 g/mol. The fourth-order valence-electron chi connectivity index (χ4n) is 5.52. The maximum Gasteiger partial charge on any atom is 0.352 e. The number of benzene rings is 3. The average molecular weight is 532 g/mol. The molecule has 198 valence electrons. The summed E-state index contributed by atoms with van der Waals surface area (Å²) in [7, 11) is -3.88. The summed E-state index contributed by atoms with van der Waals surface area (Å²) in [5.74, 6) is -1.05. The summed E-state index contributed by atoms with van der Waals surface area (Å²) in [6.45, 7) is 4.73. The lowest BCUT2D eigenvalue weighted by Gasteiger charge is -2.36. The van der Waals surface area contributed by atoms with Crippen LogP contribution >= 0.6 is 0 Å². The molecule has 0 aliphatic heterocycles. The molecule has 0 radical (unpaired) electrons. The van der Waals surface area contributed by atoms with Crippen LogP contribution in [0, 0.1) is 6.92 Å². The van der Waals surface area contributed by atoms with Crippen molar-refractivity contribution in [2.45, 2.75) is 56.9 Å². The summed E-state index contributed by atoms with van der Waals surface area (Å²) in [5, 5.41) is 10.8. The van der Waals surface area contributed by atoms with E-state index >= 15 is 0 Å². The number of fused-ring (bicyclic) bond motifs is 1. The van der Waals surface area contributed by atoms with Crippen LogP contribution in [0.15, 0.2) is 77.7 Å². The first kappa shape index (κ1) is 25.9. The zero-order chi connectivity index (χ0) is 26.9. The normalized spacial score (nSPS) is 14.5. The van der Waals surface area contributed by atoms with E-state index in [0.717, 1.165) is 54.4 Å². The number of nitrogens with zero attached hydrogens (tertiary/aromatic N) is 2. The summed E-state index contributed by atoms with van der Waals surface area (Å²) < 4.78 is 31.5. The van der Waals surface area contributed by atoms with Gasteiger partial charge in [0.2, 0.25) is 0 Å². The Hall–Kier alpha value is -3.78. The average Bonchev–Trinajstić information content (AvgIpc) is 3.31. The lowest BCUT2D eigenvalue weighted by molar-refractivity contribution is 0.0688. The highest BCUT2D eigenvalue weighted by Gasteiger charge is 2.26. The molecule has 0 saturated heterocycles. The summed E-state index contributed by atoms with van der Waals surface area (Å²) in [5.41, 5.74) is 3.64. The number of hydrogen-bond donors (Lipinski definition) is 2. The summed E-state index contributed by atoms with van der Waals surface area (Å²) >= 11 is 0. The molecule has 1 aliphatic carbocycles. The quantitative estimate of drug-likeness (QED) is 0.267. The molecule has 1 saturated carbocycles. The Morgan fingerprint density at radius 1 is 1.00 bits per heavy atom. The van der Waals surface area contributed by atoms with Crippen molar-refractivity contribution in [3.05, 3.63) is 84.1 Å². The standard InChI is InChI=1S/C30H33N3O4S/c1-3-32(23-10-5-4-6-11-23)28-18-15-24(33-27-12-8-7-9-22(27)19-29(33)30(34)35)20-26(28)31-38(36,37)25-16-13-21(2)14-17-25/h7-9,12-20,23,31H,3-6,10-11H2,1-2H3,(H,34,35). The molecule has 5 rings (SSSR count). The van der Waals surface area contributed by atoms with Gasteiger partial charge in [-0.2, -0.15) is 0 Å². The van der Waals surface area contributed by atoms with Gasteiger partial charge in [-0.25, -0.2) is 13.2 Å².